The largest absolute Gasteiger partial charge is 0.481 e. The zero-order valence-corrected chi connectivity index (χ0v) is 18.4. The van der Waals surface area contributed by atoms with Gasteiger partial charge in [-0.3, -0.25) is 14.4 Å². The van der Waals surface area contributed by atoms with Crippen LogP contribution < -0.4 is 10.6 Å². The molecule has 0 saturated carbocycles. The second-order valence-electron chi connectivity index (χ2n) is 6.83. The Morgan fingerprint density at radius 1 is 1.00 bits per heavy atom. The Morgan fingerprint density at radius 2 is 1.73 bits per heavy atom. The molecule has 0 saturated heterocycles. The van der Waals surface area contributed by atoms with Crippen LogP contribution in [-0.4, -0.2) is 28.6 Å². The monoisotopic (exact) mass is 488 g/mol. The molecule has 6 nitrogen and oxygen atoms in total. The van der Waals surface area contributed by atoms with E-state index >= 15 is 0 Å². The number of benzene rings is 2. The van der Waals surface area contributed by atoms with E-state index in [0.29, 0.717) is 24.2 Å². The maximum Gasteiger partial charge on any atom is 0.307 e. The molecule has 0 aromatic heterocycles. The van der Waals surface area contributed by atoms with Gasteiger partial charge in [0.1, 0.15) is 0 Å². The Labute approximate surface area is 187 Å². The first-order valence-electron chi connectivity index (χ1n) is 9.40. The summed E-state index contributed by atoms with van der Waals surface area (Å²) in [4.78, 5) is 37.1. The standard InChI is InChI=1S/C22H21BrN2O4S/c23-18-10-3-4-11-19(18)25-20(26)13-30-15-7-5-6-14(12-15)24-21(27)16-8-1-2-9-17(16)22(28)29/h1-7,10-12,16-17H,8-9,13H2,(H,24,27)(H,25,26)(H,28,29). The molecule has 1 aliphatic rings. The second-order valence-corrected chi connectivity index (χ2v) is 8.73. The highest BCUT2D eigenvalue weighted by Gasteiger charge is 2.33. The SMILES string of the molecule is O=C(CSc1cccc(NC(=O)C2CC=CCC2C(=O)O)c1)Nc1ccccc1Br. The number of rotatable bonds is 7. The van der Waals surface area contributed by atoms with Crippen LogP contribution in [0.25, 0.3) is 0 Å². The molecule has 3 N–H and O–H groups in total. The number of anilines is 2. The summed E-state index contributed by atoms with van der Waals surface area (Å²) >= 11 is 4.75. The van der Waals surface area contributed by atoms with Crippen molar-refractivity contribution in [2.24, 2.45) is 11.8 Å². The summed E-state index contributed by atoms with van der Waals surface area (Å²) in [5.74, 6) is -2.50. The number of para-hydroxylation sites is 1. The summed E-state index contributed by atoms with van der Waals surface area (Å²) in [7, 11) is 0. The minimum Gasteiger partial charge on any atom is -0.481 e. The number of hydrogen-bond donors (Lipinski definition) is 3. The summed E-state index contributed by atoms with van der Waals surface area (Å²) in [5.41, 5.74) is 1.29. The Hall–Kier alpha value is -2.58. The van der Waals surface area contributed by atoms with E-state index in [2.05, 4.69) is 26.6 Å². The Morgan fingerprint density at radius 3 is 2.47 bits per heavy atom. The normalized spacial score (nSPS) is 17.9. The lowest BCUT2D eigenvalue weighted by molar-refractivity contribution is -0.146. The molecule has 2 amide bonds. The van der Waals surface area contributed by atoms with E-state index in [1.165, 1.54) is 11.8 Å². The van der Waals surface area contributed by atoms with Crippen molar-refractivity contribution in [3.63, 3.8) is 0 Å². The van der Waals surface area contributed by atoms with Gasteiger partial charge in [0.2, 0.25) is 11.8 Å². The van der Waals surface area contributed by atoms with E-state index in [9.17, 15) is 19.5 Å². The second kappa shape index (κ2) is 10.4. The van der Waals surface area contributed by atoms with Gasteiger partial charge in [-0.1, -0.05) is 30.4 Å². The average Bonchev–Trinajstić information content (AvgIpc) is 2.74. The van der Waals surface area contributed by atoms with E-state index in [-0.39, 0.29) is 17.6 Å². The number of carboxylic acid groups (broad SMARTS) is 1. The van der Waals surface area contributed by atoms with Gasteiger partial charge >= 0.3 is 5.97 Å². The molecule has 0 aliphatic heterocycles. The molecule has 156 valence electrons. The highest BCUT2D eigenvalue weighted by atomic mass is 79.9. The molecule has 2 aromatic rings. The molecule has 8 heteroatoms. The number of allylic oxidation sites excluding steroid dienone is 2. The van der Waals surface area contributed by atoms with E-state index in [1.54, 1.807) is 24.3 Å². The van der Waals surface area contributed by atoms with Gasteiger partial charge < -0.3 is 15.7 Å². The molecule has 1 aliphatic carbocycles. The van der Waals surface area contributed by atoms with Crippen molar-refractivity contribution in [3.05, 3.63) is 65.2 Å². The minimum atomic E-state index is -0.958. The highest BCUT2D eigenvalue weighted by molar-refractivity contribution is 9.10. The van der Waals surface area contributed by atoms with Gasteiger partial charge in [-0.2, -0.15) is 0 Å². The van der Waals surface area contributed by atoms with Crippen LogP contribution in [0.5, 0.6) is 0 Å². The van der Waals surface area contributed by atoms with Crippen molar-refractivity contribution >= 4 is 56.9 Å². The summed E-state index contributed by atoms with van der Waals surface area (Å²) in [6.45, 7) is 0. The molecular formula is C22H21BrN2O4S. The van der Waals surface area contributed by atoms with Crippen molar-refractivity contribution in [1.29, 1.82) is 0 Å². The van der Waals surface area contributed by atoms with E-state index in [0.717, 1.165) is 9.37 Å². The van der Waals surface area contributed by atoms with Gasteiger partial charge in [-0.05, 0) is 59.1 Å². The summed E-state index contributed by atoms with van der Waals surface area (Å²) in [6, 6.07) is 14.6. The molecule has 0 fully saturated rings. The molecule has 3 rings (SSSR count). The third-order valence-electron chi connectivity index (χ3n) is 4.71. The van der Waals surface area contributed by atoms with Crippen molar-refractivity contribution < 1.29 is 19.5 Å². The first-order valence-corrected chi connectivity index (χ1v) is 11.2. The topological polar surface area (TPSA) is 95.5 Å². The molecule has 0 radical (unpaired) electrons. The number of carbonyl (C=O) groups excluding carboxylic acids is 2. The predicted octanol–water partition coefficient (Wildman–Crippen LogP) is 4.79. The molecule has 2 aromatic carbocycles. The number of halogens is 1. The van der Waals surface area contributed by atoms with Crippen molar-refractivity contribution in [2.75, 3.05) is 16.4 Å². The Kier molecular flexibility index (Phi) is 7.70. The zero-order chi connectivity index (χ0) is 21.5. The number of aliphatic carboxylic acids is 1. The highest BCUT2D eigenvalue weighted by Crippen LogP contribution is 2.28. The number of carboxylic acids is 1. The van der Waals surface area contributed by atoms with Crippen LogP contribution in [0.4, 0.5) is 11.4 Å². The van der Waals surface area contributed by atoms with Gasteiger partial charge in [0.05, 0.1) is 23.3 Å². The molecule has 0 spiro atoms. The van der Waals surface area contributed by atoms with Crippen molar-refractivity contribution in [2.45, 2.75) is 17.7 Å². The Bertz CT molecular complexity index is 979. The molecule has 0 heterocycles. The van der Waals surface area contributed by atoms with Crippen LogP contribution in [0.3, 0.4) is 0 Å². The summed E-state index contributed by atoms with van der Waals surface area (Å²) in [5, 5.41) is 15.0. The third-order valence-corrected chi connectivity index (χ3v) is 6.39. The quantitative estimate of drug-likeness (QED) is 0.384. The molecule has 0 bridgehead atoms. The predicted molar refractivity (Wildman–Crippen MR) is 122 cm³/mol. The van der Waals surface area contributed by atoms with Crippen LogP contribution in [0.1, 0.15) is 12.8 Å². The van der Waals surface area contributed by atoms with Crippen LogP contribution in [-0.2, 0) is 14.4 Å². The fourth-order valence-electron chi connectivity index (χ4n) is 3.17. The fraction of sp³-hybridized carbons (Fsp3) is 0.227. The van der Waals surface area contributed by atoms with Gasteiger partial charge in [-0.25, -0.2) is 0 Å². The van der Waals surface area contributed by atoms with Gasteiger partial charge in [0.25, 0.3) is 0 Å². The maximum atomic E-state index is 12.6. The number of thioether (sulfide) groups is 1. The van der Waals surface area contributed by atoms with Gasteiger partial charge in [-0.15, -0.1) is 11.8 Å². The Balaban J connectivity index is 1.57. The third kappa shape index (κ3) is 5.96. The maximum absolute atomic E-state index is 12.6. The van der Waals surface area contributed by atoms with Crippen LogP contribution >= 0.6 is 27.7 Å². The van der Waals surface area contributed by atoms with E-state index in [4.69, 9.17) is 0 Å². The van der Waals surface area contributed by atoms with Crippen molar-refractivity contribution in [3.8, 4) is 0 Å². The average molecular weight is 489 g/mol. The van der Waals surface area contributed by atoms with Gasteiger partial charge in [0.15, 0.2) is 0 Å². The van der Waals surface area contributed by atoms with Crippen LogP contribution in [0.15, 0.2) is 70.1 Å². The first-order chi connectivity index (χ1) is 14.4. The smallest absolute Gasteiger partial charge is 0.307 e. The fourth-order valence-corrected chi connectivity index (χ4v) is 4.31. The number of amides is 2. The molecule has 2 unspecified atom stereocenters. The number of nitrogens with one attached hydrogen (secondary N) is 2. The van der Waals surface area contributed by atoms with E-state index < -0.39 is 17.8 Å². The first kappa shape index (κ1) is 22.1. The molecule has 2 atom stereocenters. The lowest BCUT2D eigenvalue weighted by Crippen LogP contribution is -2.34. The lowest BCUT2D eigenvalue weighted by atomic mass is 9.82. The van der Waals surface area contributed by atoms with Gasteiger partial charge in [0, 0.05) is 15.1 Å². The molecule has 30 heavy (non-hydrogen) atoms. The van der Waals surface area contributed by atoms with Crippen LogP contribution in [0, 0.1) is 11.8 Å². The zero-order valence-electron chi connectivity index (χ0n) is 16.0. The summed E-state index contributed by atoms with van der Waals surface area (Å²) in [6.07, 6.45) is 4.42. The van der Waals surface area contributed by atoms with Crippen LogP contribution in [0.2, 0.25) is 0 Å². The lowest BCUT2D eigenvalue weighted by Gasteiger charge is -2.24. The van der Waals surface area contributed by atoms with E-state index in [1.807, 2.05) is 36.4 Å². The van der Waals surface area contributed by atoms with Crippen molar-refractivity contribution in [1.82, 2.24) is 0 Å². The summed E-state index contributed by atoms with van der Waals surface area (Å²) < 4.78 is 0.810. The minimum absolute atomic E-state index is 0.139. The number of hydrogen-bond acceptors (Lipinski definition) is 4. The molecular weight excluding hydrogens is 468 g/mol. The number of carbonyl (C=O) groups is 3.